The molecule has 19 heavy (non-hydrogen) atoms. The van der Waals surface area contributed by atoms with Crippen LogP contribution in [0.4, 0.5) is 0 Å². The minimum atomic E-state index is -3.52. The summed E-state index contributed by atoms with van der Waals surface area (Å²) in [5.74, 6) is 0. The van der Waals surface area contributed by atoms with E-state index in [0.717, 1.165) is 20.0 Å². The van der Waals surface area contributed by atoms with Crippen molar-refractivity contribution in [2.45, 2.75) is 17.7 Å². The van der Waals surface area contributed by atoms with Crippen LogP contribution < -0.4 is 0 Å². The second-order valence-electron chi connectivity index (χ2n) is 3.57. The van der Waals surface area contributed by atoms with Crippen LogP contribution in [0.25, 0.3) is 0 Å². The molecule has 0 N–H and O–H groups in total. The van der Waals surface area contributed by atoms with Gasteiger partial charge in [0.15, 0.2) is 8.68 Å². The molecular formula is C10H10BrClN2O2S3. The monoisotopic (exact) mass is 400 g/mol. The quantitative estimate of drug-likeness (QED) is 0.765. The highest BCUT2D eigenvalue weighted by molar-refractivity contribution is 9.11. The summed E-state index contributed by atoms with van der Waals surface area (Å²) in [5.41, 5.74) is 0. The number of aromatic nitrogens is 1. The maximum atomic E-state index is 12.4. The third kappa shape index (κ3) is 3.56. The molecule has 9 heteroatoms. The van der Waals surface area contributed by atoms with Crippen LogP contribution in [0, 0.1) is 0 Å². The van der Waals surface area contributed by atoms with Crippen LogP contribution in [0.1, 0.15) is 11.8 Å². The predicted octanol–water partition coefficient (Wildman–Crippen LogP) is 3.83. The van der Waals surface area contributed by atoms with Crippen molar-refractivity contribution in [3.05, 3.63) is 31.5 Å². The Morgan fingerprint density at radius 1 is 1.42 bits per heavy atom. The largest absolute Gasteiger partial charge is 0.254 e. The fraction of sp³-hybridized carbons (Fsp3) is 0.300. The van der Waals surface area contributed by atoms with Crippen molar-refractivity contribution in [3.8, 4) is 0 Å². The molecule has 0 saturated carbocycles. The Morgan fingerprint density at radius 2 is 2.16 bits per heavy atom. The van der Waals surface area contributed by atoms with Gasteiger partial charge in [-0.1, -0.05) is 29.9 Å². The van der Waals surface area contributed by atoms with Crippen molar-refractivity contribution in [1.82, 2.24) is 9.29 Å². The van der Waals surface area contributed by atoms with Gasteiger partial charge in [0, 0.05) is 18.0 Å². The minimum Gasteiger partial charge on any atom is -0.232 e. The van der Waals surface area contributed by atoms with E-state index in [0.29, 0.717) is 13.1 Å². The Kier molecular flexibility index (Phi) is 5.02. The van der Waals surface area contributed by atoms with Gasteiger partial charge >= 0.3 is 0 Å². The Balaban J connectivity index is 2.26. The number of hydrogen-bond acceptors (Lipinski definition) is 5. The molecule has 0 aromatic carbocycles. The average Bonchev–Trinajstić information content (AvgIpc) is 2.95. The summed E-state index contributed by atoms with van der Waals surface area (Å²) in [7, 11) is -3.52. The molecule has 0 bridgehead atoms. The number of sulfonamides is 1. The number of rotatable bonds is 5. The molecule has 104 valence electrons. The minimum absolute atomic E-state index is 0.176. The molecule has 0 radical (unpaired) electrons. The second-order valence-corrected chi connectivity index (χ2v) is 9.89. The first-order valence-corrected chi connectivity index (χ1v) is 9.53. The standard InChI is InChI=1S/C10H10BrClN2O2S3/c1-2-14(6-7-3-4-8(11)17-7)19(15,16)9-5-13-10(12)18-9/h3-5H,2,6H2,1H3. The lowest BCUT2D eigenvalue weighted by Crippen LogP contribution is -2.29. The highest BCUT2D eigenvalue weighted by atomic mass is 79.9. The topological polar surface area (TPSA) is 50.3 Å². The molecule has 2 rings (SSSR count). The molecule has 2 heterocycles. The van der Waals surface area contributed by atoms with E-state index < -0.39 is 10.0 Å². The van der Waals surface area contributed by atoms with Gasteiger partial charge in [-0.3, -0.25) is 0 Å². The molecular weight excluding hydrogens is 392 g/mol. The zero-order valence-corrected chi connectivity index (χ0v) is 14.6. The van der Waals surface area contributed by atoms with Crippen LogP contribution in [0.5, 0.6) is 0 Å². The molecule has 0 aliphatic heterocycles. The van der Waals surface area contributed by atoms with E-state index in [1.54, 1.807) is 0 Å². The van der Waals surface area contributed by atoms with Gasteiger partial charge in [0.05, 0.1) is 9.98 Å². The van der Waals surface area contributed by atoms with Crippen molar-refractivity contribution >= 4 is 60.2 Å². The third-order valence-electron chi connectivity index (χ3n) is 2.36. The molecule has 0 saturated heterocycles. The third-order valence-corrected chi connectivity index (χ3v) is 7.44. The molecule has 0 amide bonds. The van der Waals surface area contributed by atoms with Gasteiger partial charge in [0.1, 0.15) is 0 Å². The van der Waals surface area contributed by atoms with Gasteiger partial charge < -0.3 is 0 Å². The summed E-state index contributed by atoms with van der Waals surface area (Å²) in [6, 6.07) is 3.82. The van der Waals surface area contributed by atoms with Crippen LogP contribution in [0.3, 0.4) is 0 Å². The van der Waals surface area contributed by atoms with E-state index in [9.17, 15) is 8.42 Å². The van der Waals surface area contributed by atoms with Crippen LogP contribution in [0.15, 0.2) is 26.3 Å². The van der Waals surface area contributed by atoms with Crippen molar-refractivity contribution < 1.29 is 8.42 Å². The van der Waals surface area contributed by atoms with Crippen LogP contribution >= 0.6 is 50.2 Å². The number of halogens is 2. The van der Waals surface area contributed by atoms with Gasteiger partial charge in [-0.15, -0.1) is 11.3 Å². The fourth-order valence-electron chi connectivity index (χ4n) is 1.46. The normalized spacial score (nSPS) is 12.2. The summed E-state index contributed by atoms with van der Waals surface area (Å²) in [4.78, 5) is 4.76. The maximum Gasteiger partial charge on any atom is 0.254 e. The summed E-state index contributed by atoms with van der Waals surface area (Å²) < 4.78 is 27.6. The van der Waals surface area contributed by atoms with E-state index in [2.05, 4.69) is 20.9 Å². The lowest BCUT2D eigenvalue weighted by Gasteiger charge is -2.18. The highest BCUT2D eigenvalue weighted by Crippen LogP contribution is 2.28. The Labute approximate surface area is 133 Å². The van der Waals surface area contributed by atoms with Gasteiger partial charge in [-0.25, -0.2) is 13.4 Å². The van der Waals surface area contributed by atoms with Gasteiger partial charge in [-0.2, -0.15) is 4.31 Å². The number of nitrogens with zero attached hydrogens (tertiary/aromatic N) is 2. The first kappa shape index (κ1) is 15.4. The van der Waals surface area contributed by atoms with Crippen molar-refractivity contribution in [2.75, 3.05) is 6.54 Å². The summed E-state index contributed by atoms with van der Waals surface area (Å²) in [6.07, 6.45) is 1.30. The van der Waals surface area contributed by atoms with Crippen LogP contribution in [-0.2, 0) is 16.6 Å². The highest BCUT2D eigenvalue weighted by Gasteiger charge is 2.26. The Hall–Kier alpha value is 0.01000. The van der Waals surface area contributed by atoms with Crippen molar-refractivity contribution in [1.29, 1.82) is 0 Å². The van der Waals surface area contributed by atoms with E-state index >= 15 is 0 Å². The maximum absolute atomic E-state index is 12.4. The first-order chi connectivity index (χ1) is 8.93. The summed E-state index contributed by atoms with van der Waals surface area (Å²) >= 11 is 11.6. The molecule has 4 nitrogen and oxygen atoms in total. The van der Waals surface area contributed by atoms with Gasteiger partial charge in [-0.05, 0) is 28.1 Å². The zero-order valence-electron chi connectivity index (χ0n) is 9.84. The molecule has 0 atom stereocenters. The first-order valence-electron chi connectivity index (χ1n) is 5.29. The van der Waals surface area contributed by atoms with E-state index in [4.69, 9.17) is 11.6 Å². The van der Waals surface area contributed by atoms with Gasteiger partial charge in [0.25, 0.3) is 10.0 Å². The molecule has 0 fully saturated rings. The molecule has 0 aliphatic rings. The lowest BCUT2D eigenvalue weighted by atomic mass is 10.4. The van der Waals surface area contributed by atoms with E-state index in [-0.39, 0.29) is 8.68 Å². The second kappa shape index (κ2) is 6.19. The number of thiophene rings is 1. The molecule has 0 spiro atoms. The Morgan fingerprint density at radius 3 is 2.63 bits per heavy atom. The van der Waals surface area contributed by atoms with Gasteiger partial charge in [0.2, 0.25) is 0 Å². The molecule has 0 unspecified atom stereocenters. The SMILES string of the molecule is CCN(Cc1ccc(Br)s1)S(=O)(=O)c1cnc(Cl)s1. The molecule has 0 aliphatic carbocycles. The van der Waals surface area contributed by atoms with E-state index in [1.165, 1.54) is 21.8 Å². The number of thiazole rings is 1. The van der Waals surface area contributed by atoms with Crippen molar-refractivity contribution in [2.24, 2.45) is 0 Å². The van der Waals surface area contributed by atoms with Crippen LogP contribution in [0.2, 0.25) is 4.47 Å². The van der Waals surface area contributed by atoms with Crippen molar-refractivity contribution in [3.63, 3.8) is 0 Å². The molecule has 2 aromatic rings. The fourth-order valence-corrected chi connectivity index (χ4v) is 5.92. The Bertz CT molecular complexity index is 668. The average molecular weight is 402 g/mol. The number of hydrogen-bond donors (Lipinski definition) is 0. The summed E-state index contributed by atoms with van der Waals surface area (Å²) in [5, 5.41) is 0. The smallest absolute Gasteiger partial charge is 0.232 e. The lowest BCUT2D eigenvalue weighted by molar-refractivity contribution is 0.427. The summed E-state index contributed by atoms with van der Waals surface area (Å²) in [6.45, 7) is 2.56. The molecule has 2 aromatic heterocycles. The zero-order chi connectivity index (χ0) is 14.0. The van der Waals surface area contributed by atoms with E-state index in [1.807, 2.05) is 19.1 Å². The predicted molar refractivity (Wildman–Crippen MR) is 82.4 cm³/mol. The van der Waals surface area contributed by atoms with Crippen LogP contribution in [-0.4, -0.2) is 24.3 Å².